The van der Waals surface area contributed by atoms with Crippen molar-refractivity contribution >= 4 is 11.8 Å². The molecule has 0 amide bonds. The van der Waals surface area contributed by atoms with Crippen LogP contribution in [0.5, 0.6) is 0 Å². The number of hydrogen-bond donors (Lipinski definition) is 2. The first-order valence-electron chi connectivity index (χ1n) is 6.22. The highest BCUT2D eigenvalue weighted by Gasteiger charge is 1.91. The normalized spacial score (nSPS) is 10.8. The highest BCUT2D eigenvalue weighted by Crippen LogP contribution is 2.03. The Bertz CT molecular complexity index is 99.8. The minimum Gasteiger partial charge on any atom is -0.396 e. The zero-order chi connectivity index (χ0) is 11.2. The smallest absolute Gasteiger partial charge is 0.0431 e. The summed E-state index contributed by atoms with van der Waals surface area (Å²) in [7, 11) is 0. The monoisotopic (exact) mass is 233 g/mol. The Hall–Kier alpha value is 0.270. The van der Waals surface area contributed by atoms with Gasteiger partial charge >= 0.3 is 0 Å². The van der Waals surface area contributed by atoms with Crippen molar-refractivity contribution in [1.82, 2.24) is 5.32 Å². The van der Waals surface area contributed by atoms with Crippen molar-refractivity contribution in [3.05, 3.63) is 0 Å². The minimum atomic E-state index is 0.343. The molecule has 0 heterocycles. The van der Waals surface area contributed by atoms with Crippen LogP contribution in [0.2, 0.25) is 0 Å². The van der Waals surface area contributed by atoms with Crippen molar-refractivity contribution < 1.29 is 5.11 Å². The van der Waals surface area contributed by atoms with Gasteiger partial charge in [0.05, 0.1) is 0 Å². The zero-order valence-corrected chi connectivity index (χ0v) is 11.0. The van der Waals surface area contributed by atoms with Crippen molar-refractivity contribution in [1.29, 1.82) is 0 Å². The van der Waals surface area contributed by atoms with E-state index in [1.54, 1.807) is 0 Å². The topological polar surface area (TPSA) is 32.3 Å². The fourth-order valence-corrected chi connectivity index (χ4v) is 2.01. The van der Waals surface area contributed by atoms with Gasteiger partial charge in [0.1, 0.15) is 0 Å². The maximum Gasteiger partial charge on any atom is 0.0431 e. The fraction of sp³-hybridized carbons (Fsp3) is 1.00. The number of aliphatic hydroxyl groups excluding tert-OH is 1. The van der Waals surface area contributed by atoms with Gasteiger partial charge in [0, 0.05) is 6.61 Å². The number of hydrogen-bond acceptors (Lipinski definition) is 3. The Kier molecular flexibility index (Phi) is 14.5. The Morgan fingerprint density at radius 2 is 1.47 bits per heavy atom. The van der Waals surface area contributed by atoms with Gasteiger partial charge in [-0.3, -0.25) is 0 Å². The van der Waals surface area contributed by atoms with Crippen molar-refractivity contribution in [2.24, 2.45) is 0 Å². The molecule has 0 aliphatic rings. The SMILES string of the molecule is CSCCCCCCNCCCCCO. The summed E-state index contributed by atoms with van der Waals surface area (Å²) in [5.74, 6) is 1.31. The van der Waals surface area contributed by atoms with Crippen molar-refractivity contribution in [2.75, 3.05) is 31.7 Å². The number of rotatable bonds is 12. The van der Waals surface area contributed by atoms with Crippen LogP contribution in [0.4, 0.5) is 0 Å². The summed E-state index contributed by atoms with van der Waals surface area (Å²) in [4.78, 5) is 0. The molecule has 0 aliphatic carbocycles. The third-order valence-corrected chi connectivity index (χ3v) is 3.16. The summed E-state index contributed by atoms with van der Waals surface area (Å²) in [5, 5.41) is 12.0. The molecule has 0 aliphatic heterocycles. The Balaban J connectivity index is 2.81. The summed E-state index contributed by atoms with van der Waals surface area (Å²) in [5.41, 5.74) is 0. The molecule has 15 heavy (non-hydrogen) atoms. The molecule has 0 aromatic heterocycles. The lowest BCUT2D eigenvalue weighted by Crippen LogP contribution is -2.16. The van der Waals surface area contributed by atoms with Crippen LogP contribution < -0.4 is 5.32 Å². The molecule has 2 nitrogen and oxygen atoms in total. The van der Waals surface area contributed by atoms with Crippen LogP contribution in [-0.4, -0.2) is 36.8 Å². The first-order chi connectivity index (χ1) is 7.41. The second-order valence-corrected chi connectivity index (χ2v) is 4.93. The van der Waals surface area contributed by atoms with Gasteiger partial charge in [-0.25, -0.2) is 0 Å². The molecule has 0 bridgehead atoms. The molecule has 3 heteroatoms. The largest absolute Gasteiger partial charge is 0.396 e. The second kappa shape index (κ2) is 14.3. The van der Waals surface area contributed by atoms with Crippen molar-refractivity contribution in [3.8, 4) is 0 Å². The van der Waals surface area contributed by atoms with E-state index in [-0.39, 0.29) is 0 Å². The van der Waals surface area contributed by atoms with E-state index < -0.39 is 0 Å². The molecular formula is C12H27NOS. The number of thioether (sulfide) groups is 1. The number of nitrogens with one attached hydrogen (secondary N) is 1. The Labute approximate surface area is 99.2 Å². The van der Waals surface area contributed by atoms with Crippen molar-refractivity contribution in [3.63, 3.8) is 0 Å². The average molecular weight is 233 g/mol. The van der Waals surface area contributed by atoms with Crippen LogP contribution in [0, 0.1) is 0 Å². The summed E-state index contributed by atoms with van der Waals surface area (Å²) in [6.07, 6.45) is 10.9. The van der Waals surface area contributed by atoms with Crippen LogP contribution in [0.3, 0.4) is 0 Å². The van der Waals surface area contributed by atoms with Gasteiger partial charge in [-0.05, 0) is 57.2 Å². The van der Waals surface area contributed by atoms with Gasteiger partial charge in [-0.1, -0.05) is 12.8 Å². The van der Waals surface area contributed by atoms with E-state index in [1.165, 1.54) is 44.4 Å². The van der Waals surface area contributed by atoms with E-state index in [1.807, 2.05) is 11.8 Å². The predicted molar refractivity (Wildman–Crippen MR) is 70.7 cm³/mol. The summed E-state index contributed by atoms with van der Waals surface area (Å²) in [6, 6.07) is 0. The maximum atomic E-state index is 8.59. The number of unbranched alkanes of at least 4 members (excludes halogenated alkanes) is 5. The first kappa shape index (κ1) is 15.3. The average Bonchev–Trinajstić information content (AvgIpc) is 2.26. The van der Waals surface area contributed by atoms with Gasteiger partial charge in [0.15, 0.2) is 0 Å². The van der Waals surface area contributed by atoms with Gasteiger partial charge in [0.2, 0.25) is 0 Å². The quantitative estimate of drug-likeness (QED) is 0.508. The summed E-state index contributed by atoms with van der Waals surface area (Å²) >= 11 is 1.95. The van der Waals surface area contributed by atoms with Gasteiger partial charge < -0.3 is 10.4 Å². The molecule has 0 aromatic rings. The molecule has 2 N–H and O–H groups in total. The van der Waals surface area contributed by atoms with E-state index >= 15 is 0 Å². The van der Waals surface area contributed by atoms with E-state index in [4.69, 9.17) is 5.11 Å². The maximum absolute atomic E-state index is 8.59. The lowest BCUT2D eigenvalue weighted by molar-refractivity contribution is 0.283. The lowest BCUT2D eigenvalue weighted by atomic mass is 10.2. The molecule has 0 unspecified atom stereocenters. The summed E-state index contributed by atoms with van der Waals surface area (Å²) in [6.45, 7) is 2.62. The van der Waals surface area contributed by atoms with Gasteiger partial charge in [0.25, 0.3) is 0 Å². The highest BCUT2D eigenvalue weighted by molar-refractivity contribution is 7.98. The third-order valence-electron chi connectivity index (χ3n) is 2.46. The van der Waals surface area contributed by atoms with Gasteiger partial charge in [-0.15, -0.1) is 0 Å². The minimum absolute atomic E-state index is 0.343. The summed E-state index contributed by atoms with van der Waals surface area (Å²) < 4.78 is 0. The second-order valence-electron chi connectivity index (χ2n) is 3.94. The van der Waals surface area contributed by atoms with Crippen LogP contribution in [0.15, 0.2) is 0 Å². The lowest BCUT2D eigenvalue weighted by Gasteiger charge is -2.04. The first-order valence-corrected chi connectivity index (χ1v) is 7.61. The molecule has 0 fully saturated rings. The van der Waals surface area contributed by atoms with E-state index in [0.717, 1.165) is 19.4 Å². The Morgan fingerprint density at radius 3 is 2.07 bits per heavy atom. The molecular weight excluding hydrogens is 206 g/mol. The third kappa shape index (κ3) is 14.3. The standard InChI is InChI=1S/C12H27NOS/c1-15-12-8-3-2-5-9-13-10-6-4-7-11-14/h13-14H,2-12H2,1H3. The molecule has 0 radical (unpaired) electrons. The Morgan fingerprint density at radius 1 is 0.867 bits per heavy atom. The van der Waals surface area contributed by atoms with Crippen LogP contribution >= 0.6 is 11.8 Å². The van der Waals surface area contributed by atoms with Crippen molar-refractivity contribution in [2.45, 2.75) is 44.9 Å². The molecule has 0 atom stereocenters. The van der Waals surface area contributed by atoms with Gasteiger partial charge in [-0.2, -0.15) is 11.8 Å². The molecule has 0 saturated heterocycles. The molecule has 92 valence electrons. The van der Waals surface area contributed by atoms with E-state index in [2.05, 4.69) is 11.6 Å². The van der Waals surface area contributed by atoms with Crippen LogP contribution in [0.1, 0.15) is 44.9 Å². The highest BCUT2D eigenvalue weighted by atomic mass is 32.2. The molecule has 0 aromatic carbocycles. The van der Waals surface area contributed by atoms with E-state index in [0.29, 0.717) is 6.61 Å². The number of aliphatic hydroxyl groups is 1. The predicted octanol–water partition coefficient (Wildman–Crippen LogP) is 2.66. The molecule has 0 rings (SSSR count). The van der Waals surface area contributed by atoms with E-state index in [9.17, 15) is 0 Å². The van der Waals surface area contributed by atoms with Crippen LogP contribution in [0.25, 0.3) is 0 Å². The molecule has 0 spiro atoms. The van der Waals surface area contributed by atoms with Crippen LogP contribution in [-0.2, 0) is 0 Å². The molecule has 0 saturated carbocycles. The fourth-order valence-electron chi connectivity index (χ4n) is 1.51. The zero-order valence-electron chi connectivity index (χ0n) is 10.1.